The van der Waals surface area contributed by atoms with E-state index in [2.05, 4.69) is 108 Å². The van der Waals surface area contributed by atoms with Crippen LogP contribution < -0.4 is 4.90 Å². The molecule has 0 fully saturated rings. The largest absolute Gasteiger partial charge is 0.455 e. The highest BCUT2D eigenvalue weighted by atomic mass is 16.3. The number of para-hydroxylation sites is 2. The molecule has 3 heteroatoms. The van der Waals surface area contributed by atoms with E-state index >= 15 is 0 Å². The van der Waals surface area contributed by atoms with Gasteiger partial charge in [-0.15, -0.1) is 0 Å². The van der Waals surface area contributed by atoms with Crippen molar-refractivity contribution in [2.75, 3.05) is 4.90 Å². The Bertz CT molecular complexity index is 1980. The lowest BCUT2D eigenvalue weighted by atomic mass is 10.0. The highest BCUT2D eigenvalue weighted by Gasteiger charge is 2.15. The Balaban J connectivity index is 1.30. The number of furan rings is 1. The van der Waals surface area contributed by atoms with Gasteiger partial charge in [-0.3, -0.25) is 0 Å². The lowest BCUT2D eigenvalue weighted by Crippen LogP contribution is -2.09. The fourth-order valence-electron chi connectivity index (χ4n) is 5.33. The van der Waals surface area contributed by atoms with Crippen LogP contribution in [0.15, 0.2) is 150 Å². The fraction of sp³-hybridized carbons (Fsp3) is 0. The molecule has 7 rings (SSSR count). The molecule has 0 amide bonds. The van der Waals surface area contributed by atoms with E-state index in [0.29, 0.717) is 5.56 Å². The highest BCUT2D eigenvalue weighted by Crippen LogP contribution is 2.39. The molecule has 0 spiro atoms. The van der Waals surface area contributed by atoms with Gasteiger partial charge in [0, 0.05) is 33.4 Å². The van der Waals surface area contributed by atoms with Crippen molar-refractivity contribution in [1.29, 1.82) is 5.26 Å². The lowest BCUT2D eigenvalue weighted by Gasteiger charge is -2.26. The summed E-state index contributed by atoms with van der Waals surface area (Å²) in [4.78, 5) is 2.21. The van der Waals surface area contributed by atoms with Crippen LogP contribution >= 0.6 is 0 Å². The Morgan fingerprint density at radius 3 is 1.70 bits per heavy atom. The lowest BCUT2D eigenvalue weighted by molar-refractivity contribution is 0.670. The van der Waals surface area contributed by atoms with Gasteiger partial charge in [0.15, 0.2) is 0 Å². The molecule has 1 heterocycles. The van der Waals surface area contributed by atoms with Crippen molar-refractivity contribution in [2.24, 2.45) is 0 Å². The molecule has 0 N–H and O–H groups in total. The molecule has 0 atom stereocenters. The number of rotatable bonds is 5. The minimum absolute atomic E-state index is 0.636. The minimum Gasteiger partial charge on any atom is -0.455 e. The normalized spacial score (nSPS) is 11.0. The number of nitriles is 1. The van der Waals surface area contributed by atoms with Crippen LogP contribution in [0.4, 0.5) is 17.1 Å². The van der Waals surface area contributed by atoms with Crippen LogP contribution in [0, 0.1) is 11.3 Å². The van der Waals surface area contributed by atoms with E-state index in [0.717, 1.165) is 50.1 Å². The summed E-state index contributed by atoms with van der Waals surface area (Å²) in [5.41, 5.74) is 9.99. The topological polar surface area (TPSA) is 40.2 Å². The fourth-order valence-corrected chi connectivity index (χ4v) is 5.33. The first-order valence-corrected chi connectivity index (χ1v) is 13.2. The molecule has 0 saturated carbocycles. The number of nitrogens with zero attached hydrogens (tertiary/aromatic N) is 2. The highest BCUT2D eigenvalue weighted by molar-refractivity contribution is 6.09. The summed E-state index contributed by atoms with van der Waals surface area (Å²) >= 11 is 0. The van der Waals surface area contributed by atoms with E-state index in [1.807, 2.05) is 48.5 Å². The Morgan fingerprint density at radius 1 is 0.475 bits per heavy atom. The summed E-state index contributed by atoms with van der Waals surface area (Å²) in [6, 6.07) is 51.9. The van der Waals surface area contributed by atoms with Crippen LogP contribution in [-0.4, -0.2) is 0 Å². The molecule has 6 aromatic carbocycles. The summed E-state index contributed by atoms with van der Waals surface area (Å²) in [6.07, 6.45) is 0. The van der Waals surface area contributed by atoms with Crippen molar-refractivity contribution in [2.45, 2.75) is 0 Å². The zero-order valence-corrected chi connectivity index (χ0v) is 21.7. The van der Waals surface area contributed by atoms with Gasteiger partial charge in [0.25, 0.3) is 0 Å². The SMILES string of the molecule is N#Cc1ccc(N(c2ccc(-c3ccccc3)cc2)c2ccc(-c3cccc4c3oc3ccccc34)cc2)cc1. The zero-order chi connectivity index (χ0) is 26.9. The van der Waals surface area contributed by atoms with Crippen LogP contribution in [0.3, 0.4) is 0 Å². The molecule has 0 aliphatic heterocycles. The molecule has 188 valence electrons. The van der Waals surface area contributed by atoms with E-state index in [4.69, 9.17) is 4.42 Å². The van der Waals surface area contributed by atoms with Gasteiger partial charge >= 0.3 is 0 Å². The second-order valence-electron chi connectivity index (χ2n) is 9.73. The second kappa shape index (κ2) is 9.94. The Kier molecular flexibility index (Phi) is 5.85. The van der Waals surface area contributed by atoms with Gasteiger partial charge in [0.2, 0.25) is 0 Å². The average Bonchev–Trinajstić information content (AvgIpc) is 3.42. The molecule has 0 bridgehead atoms. The van der Waals surface area contributed by atoms with Gasteiger partial charge in [-0.25, -0.2) is 0 Å². The molecule has 1 aromatic heterocycles. The molecular weight excluding hydrogens is 488 g/mol. The van der Waals surface area contributed by atoms with Gasteiger partial charge < -0.3 is 9.32 Å². The van der Waals surface area contributed by atoms with Crippen molar-refractivity contribution in [3.05, 3.63) is 151 Å². The summed E-state index contributed by atoms with van der Waals surface area (Å²) in [5.74, 6) is 0. The molecule has 3 nitrogen and oxygen atoms in total. The molecule has 7 aromatic rings. The van der Waals surface area contributed by atoms with Gasteiger partial charge in [-0.05, 0) is 71.3 Å². The van der Waals surface area contributed by atoms with Gasteiger partial charge in [0.1, 0.15) is 11.2 Å². The first-order valence-electron chi connectivity index (χ1n) is 13.2. The number of benzene rings is 6. The summed E-state index contributed by atoms with van der Waals surface area (Å²) in [5, 5.41) is 11.6. The van der Waals surface area contributed by atoms with Gasteiger partial charge in [-0.2, -0.15) is 5.26 Å². The van der Waals surface area contributed by atoms with Gasteiger partial charge in [-0.1, -0.05) is 91.0 Å². The Hall–Kier alpha value is -5.59. The number of anilines is 3. The molecule has 0 radical (unpaired) electrons. The number of hydrogen-bond acceptors (Lipinski definition) is 3. The monoisotopic (exact) mass is 512 g/mol. The minimum atomic E-state index is 0.636. The Morgan fingerprint density at radius 2 is 1.02 bits per heavy atom. The van der Waals surface area contributed by atoms with Crippen molar-refractivity contribution in [3.63, 3.8) is 0 Å². The van der Waals surface area contributed by atoms with E-state index in [1.165, 1.54) is 11.1 Å². The van der Waals surface area contributed by atoms with Crippen LogP contribution in [-0.2, 0) is 0 Å². The number of hydrogen-bond donors (Lipinski definition) is 0. The third kappa shape index (κ3) is 4.18. The summed E-state index contributed by atoms with van der Waals surface area (Å²) in [6.45, 7) is 0. The summed E-state index contributed by atoms with van der Waals surface area (Å²) in [7, 11) is 0. The second-order valence-corrected chi connectivity index (χ2v) is 9.73. The number of fused-ring (bicyclic) bond motifs is 3. The first-order chi connectivity index (χ1) is 19.8. The van der Waals surface area contributed by atoms with Crippen LogP contribution in [0.5, 0.6) is 0 Å². The average molecular weight is 513 g/mol. The maximum absolute atomic E-state index is 9.33. The molecular formula is C37H24N2O. The van der Waals surface area contributed by atoms with Crippen LogP contribution in [0.25, 0.3) is 44.2 Å². The molecule has 0 aliphatic rings. The third-order valence-corrected chi connectivity index (χ3v) is 7.33. The van der Waals surface area contributed by atoms with E-state index in [9.17, 15) is 5.26 Å². The standard InChI is InChI=1S/C37H24N2O/c38-25-26-13-19-30(20-14-26)39(31-21-15-28(16-22-31)27-7-2-1-3-8-27)32-23-17-29(18-24-32)33-10-6-11-35-34-9-4-5-12-36(34)40-37(33)35/h1-24H. The third-order valence-electron chi connectivity index (χ3n) is 7.33. The quantitative estimate of drug-likeness (QED) is 0.230. The van der Waals surface area contributed by atoms with Gasteiger partial charge in [0.05, 0.1) is 11.6 Å². The van der Waals surface area contributed by atoms with E-state index in [1.54, 1.807) is 0 Å². The predicted molar refractivity (Wildman–Crippen MR) is 164 cm³/mol. The zero-order valence-electron chi connectivity index (χ0n) is 21.7. The smallest absolute Gasteiger partial charge is 0.143 e. The first kappa shape index (κ1) is 23.5. The molecule has 0 aliphatic carbocycles. The molecule has 40 heavy (non-hydrogen) atoms. The maximum Gasteiger partial charge on any atom is 0.143 e. The summed E-state index contributed by atoms with van der Waals surface area (Å²) < 4.78 is 6.29. The van der Waals surface area contributed by atoms with E-state index in [-0.39, 0.29) is 0 Å². The van der Waals surface area contributed by atoms with Crippen LogP contribution in [0.2, 0.25) is 0 Å². The van der Waals surface area contributed by atoms with Crippen molar-refractivity contribution >= 4 is 39.0 Å². The van der Waals surface area contributed by atoms with Crippen molar-refractivity contribution in [3.8, 4) is 28.3 Å². The molecule has 0 unspecified atom stereocenters. The predicted octanol–water partition coefficient (Wildman–Crippen LogP) is 10.3. The van der Waals surface area contributed by atoms with Crippen molar-refractivity contribution < 1.29 is 4.42 Å². The molecule has 0 saturated heterocycles. The van der Waals surface area contributed by atoms with Crippen molar-refractivity contribution in [1.82, 2.24) is 0 Å². The van der Waals surface area contributed by atoms with E-state index < -0.39 is 0 Å². The van der Waals surface area contributed by atoms with Crippen LogP contribution in [0.1, 0.15) is 5.56 Å². The maximum atomic E-state index is 9.33. The Labute approximate surface area is 232 Å².